The van der Waals surface area contributed by atoms with Crippen molar-refractivity contribution in [3.8, 4) is 17.1 Å². The molecule has 1 aliphatic carbocycles. The maximum absolute atomic E-state index is 13.9. The smallest absolute Gasteiger partial charge is 0.409 e. The van der Waals surface area contributed by atoms with Crippen LogP contribution in [0.4, 0.5) is 9.18 Å². The van der Waals surface area contributed by atoms with E-state index in [1.54, 1.807) is 26.2 Å². The van der Waals surface area contributed by atoms with Gasteiger partial charge in [-0.1, -0.05) is 6.92 Å². The number of halogens is 1. The highest BCUT2D eigenvalue weighted by atomic mass is 19.1. The second kappa shape index (κ2) is 11.1. The summed E-state index contributed by atoms with van der Waals surface area (Å²) in [5, 5.41) is 9.28. The van der Waals surface area contributed by atoms with Crippen molar-refractivity contribution in [2.75, 3.05) is 13.6 Å². The van der Waals surface area contributed by atoms with Crippen LogP contribution < -0.4 is 4.74 Å². The van der Waals surface area contributed by atoms with Crippen LogP contribution in [-0.4, -0.2) is 51.7 Å². The summed E-state index contributed by atoms with van der Waals surface area (Å²) in [6.07, 6.45) is 4.36. The molecule has 0 unspecified atom stereocenters. The highest BCUT2D eigenvalue weighted by molar-refractivity contribution is 5.70. The molecule has 178 valence electrons. The van der Waals surface area contributed by atoms with Gasteiger partial charge in [-0.05, 0) is 57.2 Å². The van der Waals surface area contributed by atoms with Gasteiger partial charge in [0.15, 0.2) is 11.6 Å². The first-order chi connectivity index (χ1) is 15.8. The van der Waals surface area contributed by atoms with Crippen molar-refractivity contribution in [2.45, 2.75) is 58.7 Å². The Hall–Kier alpha value is -3.23. The molecule has 1 aliphatic rings. The molecule has 0 saturated heterocycles. The van der Waals surface area contributed by atoms with E-state index in [4.69, 9.17) is 9.47 Å². The third-order valence-corrected chi connectivity index (χ3v) is 5.73. The number of aromatic nitrogens is 2. The fourth-order valence-corrected chi connectivity index (χ4v) is 3.93. The van der Waals surface area contributed by atoms with Crippen molar-refractivity contribution in [3.05, 3.63) is 41.5 Å². The quantitative estimate of drug-likeness (QED) is 0.616. The molecule has 0 aliphatic heterocycles. The highest BCUT2D eigenvalue weighted by Gasteiger charge is 2.28. The summed E-state index contributed by atoms with van der Waals surface area (Å²) < 4.78 is 25.3. The number of carboxylic acids is 1. The Labute approximate surface area is 192 Å². The molecular formula is C24H30FN3O5. The summed E-state index contributed by atoms with van der Waals surface area (Å²) in [5.41, 5.74) is 1.60. The predicted octanol–water partition coefficient (Wildman–Crippen LogP) is 4.59. The maximum atomic E-state index is 13.9. The van der Waals surface area contributed by atoms with E-state index in [0.29, 0.717) is 47.8 Å². The fraction of sp³-hybridized carbons (Fsp3) is 0.500. The second-order valence-corrected chi connectivity index (χ2v) is 8.36. The molecule has 1 heterocycles. The Morgan fingerprint density at radius 1 is 1.30 bits per heavy atom. The minimum Gasteiger partial charge on any atom is -0.487 e. The maximum Gasteiger partial charge on any atom is 0.409 e. The monoisotopic (exact) mass is 459 g/mol. The molecule has 1 aromatic carbocycles. The molecule has 1 aromatic heterocycles. The van der Waals surface area contributed by atoms with Crippen molar-refractivity contribution in [1.29, 1.82) is 0 Å². The summed E-state index contributed by atoms with van der Waals surface area (Å²) in [5.74, 6) is -0.790. The van der Waals surface area contributed by atoms with Gasteiger partial charge in [0.2, 0.25) is 0 Å². The summed E-state index contributed by atoms with van der Waals surface area (Å²) in [4.78, 5) is 33.8. The van der Waals surface area contributed by atoms with Gasteiger partial charge in [0.05, 0.1) is 23.9 Å². The summed E-state index contributed by atoms with van der Waals surface area (Å²) in [6.45, 7) is 4.19. The molecule has 0 radical (unpaired) electrons. The average Bonchev–Trinajstić information content (AvgIpc) is 2.79. The Balaban J connectivity index is 1.75. The van der Waals surface area contributed by atoms with Crippen LogP contribution in [0.15, 0.2) is 24.4 Å². The first-order valence-corrected chi connectivity index (χ1v) is 11.2. The number of hydrogen-bond acceptors (Lipinski definition) is 6. The summed E-state index contributed by atoms with van der Waals surface area (Å²) in [6, 6.07) is 4.17. The average molecular weight is 460 g/mol. The number of amides is 1. The molecule has 1 saturated carbocycles. The highest BCUT2D eigenvalue weighted by Crippen LogP contribution is 2.30. The SMILES string of the molecule is CCCN(C)C(=O)OCc1cc(F)ccc1-c1ncc(O[C@H]2CCC[C@H](C(=O)O)C2)c(C)n1. The van der Waals surface area contributed by atoms with Gasteiger partial charge in [0.25, 0.3) is 0 Å². The molecule has 1 fully saturated rings. The molecule has 9 heteroatoms. The zero-order chi connectivity index (χ0) is 24.0. The van der Waals surface area contributed by atoms with E-state index in [1.807, 2.05) is 6.92 Å². The van der Waals surface area contributed by atoms with E-state index in [-0.39, 0.29) is 12.7 Å². The van der Waals surface area contributed by atoms with Gasteiger partial charge in [-0.25, -0.2) is 19.2 Å². The van der Waals surface area contributed by atoms with Crippen molar-refractivity contribution in [2.24, 2.45) is 5.92 Å². The first-order valence-electron chi connectivity index (χ1n) is 11.2. The zero-order valence-corrected chi connectivity index (χ0v) is 19.2. The lowest BCUT2D eigenvalue weighted by Gasteiger charge is -2.27. The van der Waals surface area contributed by atoms with Crippen LogP contribution in [0.25, 0.3) is 11.4 Å². The minimum atomic E-state index is -0.794. The topological polar surface area (TPSA) is 102 Å². The third-order valence-electron chi connectivity index (χ3n) is 5.73. The fourth-order valence-electron chi connectivity index (χ4n) is 3.93. The molecule has 1 amide bonds. The van der Waals surface area contributed by atoms with Crippen LogP contribution in [0.1, 0.15) is 50.3 Å². The lowest BCUT2D eigenvalue weighted by molar-refractivity contribution is -0.143. The van der Waals surface area contributed by atoms with Crippen LogP contribution in [0, 0.1) is 18.7 Å². The Bertz CT molecular complexity index is 1000. The van der Waals surface area contributed by atoms with Gasteiger partial charge in [0.1, 0.15) is 12.4 Å². The second-order valence-electron chi connectivity index (χ2n) is 8.36. The Morgan fingerprint density at radius 3 is 2.79 bits per heavy atom. The van der Waals surface area contributed by atoms with Crippen molar-refractivity contribution in [1.82, 2.24) is 14.9 Å². The van der Waals surface area contributed by atoms with Crippen LogP contribution in [0.2, 0.25) is 0 Å². The number of carbonyl (C=O) groups is 2. The largest absolute Gasteiger partial charge is 0.487 e. The molecule has 0 bridgehead atoms. The number of benzene rings is 1. The predicted molar refractivity (Wildman–Crippen MR) is 119 cm³/mol. The van der Waals surface area contributed by atoms with Crippen molar-refractivity contribution >= 4 is 12.1 Å². The zero-order valence-electron chi connectivity index (χ0n) is 19.2. The lowest BCUT2D eigenvalue weighted by Crippen LogP contribution is -2.29. The number of hydrogen-bond donors (Lipinski definition) is 1. The molecular weight excluding hydrogens is 429 g/mol. The van der Waals surface area contributed by atoms with Crippen LogP contribution in [0.3, 0.4) is 0 Å². The van der Waals surface area contributed by atoms with Gasteiger partial charge < -0.3 is 19.5 Å². The van der Waals surface area contributed by atoms with Gasteiger partial charge in [-0.2, -0.15) is 0 Å². The third kappa shape index (κ3) is 6.40. The number of rotatable bonds is 8. The molecule has 2 aromatic rings. The minimum absolute atomic E-state index is 0.112. The summed E-state index contributed by atoms with van der Waals surface area (Å²) in [7, 11) is 1.65. The molecule has 1 N–H and O–H groups in total. The van der Waals surface area contributed by atoms with E-state index in [1.165, 1.54) is 17.0 Å². The number of aryl methyl sites for hydroxylation is 1. The molecule has 0 spiro atoms. The summed E-state index contributed by atoms with van der Waals surface area (Å²) >= 11 is 0. The van der Waals surface area contributed by atoms with Crippen LogP contribution in [0.5, 0.6) is 5.75 Å². The van der Waals surface area contributed by atoms with E-state index < -0.39 is 23.8 Å². The van der Waals surface area contributed by atoms with E-state index in [0.717, 1.165) is 19.3 Å². The Morgan fingerprint density at radius 2 is 2.09 bits per heavy atom. The van der Waals surface area contributed by atoms with E-state index in [2.05, 4.69) is 9.97 Å². The lowest BCUT2D eigenvalue weighted by atomic mass is 9.87. The molecule has 33 heavy (non-hydrogen) atoms. The van der Waals surface area contributed by atoms with E-state index >= 15 is 0 Å². The molecule has 2 atom stereocenters. The molecule has 3 rings (SSSR count). The number of nitrogens with zero attached hydrogens (tertiary/aromatic N) is 3. The van der Waals surface area contributed by atoms with Gasteiger partial charge in [-0.15, -0.1) is 0 Å². The number of carboxylic acid groups (broad SMARTS) is 1. The first kappa shape index (κ1) is 24.4. The Kier molecular flexibility index (Phi) is 8.19. The van der Waals surface area contributed by atoms with Gasteiger partial charge in [0, 0.05) is 24.7 Å². The van der Waals surface area contributed by atoms with Crippen LogP contribution in [-0.2, 0) is 16.1 Å². The number of carbonyl (C=O) groups excluding carboxylic acids is 1. The van der Waals surface area contributed by atoms with E-state index in [9.17, 15) is 19.1 Å². The van der Waals surface area contributed by atoms with Crippen molar-refractivity contribution < 1.29 is 28.6 Å². The van der Waals surface area contributed by atoms with Crippen LogP contribution >= 0.6 is 0 Å². The standard InChI is InChI=1S/C24H30FN3O5/c1-4-10-28(3)24(31)32-14-17-11-18(25)8-9-20(17)22-26-13-21(15(2)27-22)33-19-7-5-6-16(12-19)23(29)30/h8-9,11,13,16,19H,4-7,10,12,14H2,1-3H3,(H,29,30)/t16-,19-/m0/s1. The normalized spacial score (nSPS) is 17.9. The van der Waals surface area contributed by atoms with Gasteiger partial charge >= 0.3 is 12.1 Å². The number of aliphatic carboxylic acids is 1. The van der Waals surface area contributed by atoms with Crippen molar-refractivity contribution in [3.63, 3.8) is 0 Å². The van der Waals surface area contributed by atoms with Gasteiger partial charge in [-0.3, -0.25) is 4.79 Å². The molecule has 8 nitrogen and oxygen atoms in total. The number of ether oxygens (including phenoxy) is 2.